The number of hydrogen-bond acceptors (Lipinski definition) is 3. The molecule has 1 aliphatic rings. The molecule has 0 bridgehead atoms. The minimum atomic E-state index is -0.679. The van der Waals surface area contributed by atoms with Crippen molar-refractivity contribution in [2.75, 3.05) is 6.61 Å². The van der Waals surface area contributed by atoms with Gasteiger partial charge in [0.25, 0.3) is 0 Å². The van der Waals surface area contributed by atoms with Crippen LogP contribution in [-0.4, -0.2) is 18.6 Å². The Bertz CT molecular complexity index is 674. The summed E-state index contributed by atoms with van der Waals surface area (Å²) in [5.41, 5.74) is 1.39. The summed E-state index contributed by atoms with van der Waals surface area (Å²) in [5.74, 6) is -0.466. The Kier molecular flexibility index (Phi) is 6.52. The summed E-state index contributed by atoms with van der Waals surface area (Å²) < 4.78 is 5.35. The van der Waals surface area contributed by atoms with Crippen molar-refractivity contribution in [2.45, 2.75) is 39.2 Å². The van der Waals surface area contributed by atoms with Crippen molar-refractivity contribution < 1.29 is 14.3 Å². The first-order valence-electron chi connectivity index (χ1n) is 7.84. The predicted octanol–water partition coefficient (Wildman–Crippen LogP) is 4.35. The molecule has 0 saturated carbocycles. The standard InChI is InChI=1S/C17H20Cl2N2O3/c1-3-4-5-8-24-16(22)14-10(2)20-17(23)21-15(14)12-7-6-11(18)9-13(12)19/h6-7,9,15H,3-5,8H2,1-2H3,(H2,20,21,23). The van der Waals surface area contributed by atoms with Gasteiger partial charge in [0.2, 0.25) is 0 Å². The van der Waals surface area contributed by atoms with E-state index in [0.29, 0.717) is 33.5 Å². The van der Waals surface area contributed by atoms with E-state index in [-0.39, 0.29) is 0 Å². The van der Waals surface area contributed by atoms with E-state index in [1.807, 2.05) is 0 Å². The number of nitrogens with one attached hydrogen (secondary N) is 2. The maximum absolute atomic E-state index is 12.5. The van der Waals surface area contributed by atoms with Crippen molar-refractivity contribution in [3.8, 4) is 0 Å². The summed E-state index contributed by atoms with van der Waals surface area (Å²) in [5, 5.41) is 6.18. The maximum atomic E-state index is 12.5. The Balaban J connectivity index is 2.28. The van der Waals surface area contributed by atoms with E-state index < -0.39 is 18.0 Å². The largest absolute Gasteiger partial charge is 0.462 e. The van der Waals surface area contributed by atoms with Crippen LogP contribution in [0.15, 0.2) is 29.5 Å². The number of hydrogen-bond donors (Lipinski definition) is 2. The SMILES string of the molecule is CCCCCOC(=O)C1=C(C)NC(=O)NC1c1ccc(Cl)cc1Cl. The fraction of sp³-hybridized carbons (Fsp3) is 0.412. The van der Waals surface area contributed by atoms with E-state index in [9.17, 15) is 9.59 Å². The molecule has 0 fully saturated rings. The van der Waals surface area contributed by atoms with Gasteiger partial charge in [-0.25, -0.2) is 9.59 Å². The third-order valence-electron chi connectivity index (χ3n) is 3.74. The summed E-state index contributed by atoms with van der Waals surface area (Å²) in [4.78, 5) is 24.3. The number of allylic oxidation sites excluding steroid dienone is 1. The number of unbranched alkanes of at least 4 members (excludes halogenated alkanes) is 2. The number of carbonyl (C=O) groups excluding carboxylic acids is 2. The van der Waals surface area contributed by atoms with Crippen LogP contribution >= 0.6 is 23.2 Å². The molecule has 0 aromatic heterocycles. The van der Waals surface area contributed by atoms with Crippen LogP contribution in [0, 0.1) is 0 Å². The molecule has 2 amide bonds. The zero-order valence-electron chi connectivity index (χ0n) is 13.6. The normalized spacial score (nSPS) is 17.3. The smallest absolute Gasteiger partial charge is 0.338 e. The van der Waals surface area contributed by atoms with Crippen molar-refractivity contribution >= 4 is 35.2 Å². The third kappa shape index (κ3) is 4.42. The molecule has 1 aromatic carbocycles. The van der Waals surface area contributed by atoms with Gasteiger partial charge in [-0.1, -0.05) is 49.0 Å². The molecular weight excluding hydrogens is 351 g/mol. The van der Waals surface area contributed by atoms with Crippen LogP contribution in [0.1, 0.15) is 44.7 Å². The molecule has 1 unspecified atom stereocenters. The minimum absolute atomic E-state index is 0.343. The third-order valence-corrected chi connectivity index (χ3v) is 4.31. The number of amides is 2. The second kappa shape index (κ2) is 8.40. The van der Waals surface area contributed by atoms with Crippen LogP contribution in [0.25, 0.3) is 0 Å². The highest BCUT2D eigenvalue weighted by Crippen LogP contribution is 2.33. The van der Waals surface area contributed by atoms with Gasteiger partial charge in [-0.15, -0.1) is 0 Å². The Morgan fingerprint density at radius 3 is 2.71 bits per heavy atom. The van der Waals surface area contributed by atoms with Crippen LogP contribution in [-0.2, 0) is 9.53 Å². The first-order valence-corrected chi connectivity index (χ1v) is 8.60. The average molecular weight is 371 g/mol. The van der Waals surface area contributed by atoms with Gasteiger partial charge >= 0.3 is 12.0 Å². The van der Waals surface area contributed by atoms with Crippen LogP contribution in [0.4, 0.5) is 4.79 Å². The van der Waals surface area contributed by atoms with Crippen molar-refractivity contribution in [1.82, 2.24) is 10.6 Å². The predicted molar refractivity (Wildman–Crippen MR) is 94.1 cm³/mol. The molecule has 1 heterocycles. The van der Waals surface area contributed by atoms with Crippen LogP contribution in [0.2, 0.25) is 10.0 Å². The Morgan fingerprint density at radius 1 is 1.29 bits per heavy atom. The number of urea groups is 1. The molecule has 5 nitrogen and oxygen atoms in total. The summed E-state index contributed by atoms with van der Waals surface area (Å²) in [6, 6.07) is 3.86. The summed E-state index contributed by atoms with van der Waals surface area (Å²) >= 11 is 12.2. The van der Waals surface area contributed by atoms with Crippen LogP contribution in [0.5, 0.6) is 0 Å². The number of carbonyl (C=O) groups is 2. The Morgan fingerprint density at radius 2 is 2.04 bits per heavy atom. The highest BCUT2D eigenvalue weighted by atomic mass is 35.5. The van der Waals surface area contributed by atoms with Crippen molar-refractivity contribution in [2.24, 2.45) is 0 Å². The second-order valence-corrected chi connectivity index (χ2v) is 6.42. The van der Waals surface area contributed by atoms with E-state index in [0.717, 1.165) is 19.3 Å². The average Bonchev–Trinajstić information content (AvgIpc) is 2.50. The Hall–Kier alpha value is -1.72. The lowest BCUT2D eigenvalue weighted by Crippen LogP contribution is -2.45. The van der Waals surface area contributed by atoms with Crippen LogP contribution in [0.3, 0.4) is 0 Å². The highest BCUT2D eigenvalue weighted by molar-refractivity contribution is 6.35. The molecule has 1 atom stereocenters. The molecule has 2 N–H and O–H groups in total. The van der Waals surface area contributed by atoms with Gasteiger partial charge in [-0.2, -0.15) is 0 Å². The minimum Gasteiger partial charge on any atom is -0.462 e. The number of benzene rings is 1. The number of ether oxygens (including phenoxy) is 1. The van der Waals surface area contributed by atoms with Gasteiger partial charge < -0.3 is 15.4 Å². The summed E-state index contributed by atoms with van der Waals surface area (Å²) in [6.07, 6.45) is 2.84. The van der Waals surface area contributed by atoms with Gasteiger partial charge in [-0.3, -0.25) is 0 Å². The van der Waals surface area contributed by atoms with E-state index in [4.69, 9.17) is 27.9 Å². The quantitative estimate of drug-likeness (QED) is 0.577. The van der Waals surface area contributed by atoms with E-state index in [1.54, 1.807) is 25.1 Å². The topological polar surface area (TPSA) is 67.4 Å². The number of esters is 1. The summed E-state index contributed by atoms with van der Waals surface area (Å²) in [7, 11) is 0. The van der Waals surface area contributed by atoms with Crippen molar-refractivity contribution in [3.05, 3.63) is 45.1 Å². The van der Waals surface area contributed by atoms with E-state index >= 15 is 0 Å². The molecule has 1 aliphatic heterocycles. The molecule has 130 valence electrons. The zero-order valence-corrected chi connectivity index (χ0v) is 15.1. The number of rotatable bonds is 6. The molecule has 0 radical (unpaired) electrons. The van der Waals surface area contributed by atoms with Crippen molar-refractivity contribution in [1.29, 1.82) is 0 Å². The van der Waals surface area contributed by atoms with Crippen LogP contribution < -0.4 is 10.6 Å². The van der Waals surface area contributed by atoms with Gasteiger partial charge in [-0.05, 0) is 31.0 Å². The molecule has 0 spiro atoms. The van der Waals surface area contributed by atoms with Gasteiger partial charge in [0.1, 0.15) is 0 Å². The molecule has 0 saturated heterocycles. The molecular formula is C17H20Cl2N2O3. The first kappa shape index (κ1) is 18.6. The molecule has 2 rings (SSSR count). The van der Waals surface area contributed by atoms with Gasteiger partial charge in [0.15, 0.2) is 0 Å². The lowest BCUT2D eigenvalue weighted by atomic mass is 9.95. The molecule has 1 aromatic rings. The zero-order chi connectivity index (χ0) is 17.7. The first-order chi connectivity index (χ1) is 11.4. The monoisotopic (exact) mass is 370 g/mol. The molecule has 7 heteroatoms. The fourth-order valence-electron chi connectivity index (χ4n) is 2.53. The highest BCUT2D eigenvalue weighted by Gasteiger charge is 2.33. The molecule has 0 aliphatic carbocycles. The van der Waals surface area contributed by atoms with Gasteiger partial charge in [0.05, 0.1) is 18.2 Å². The van der Waals surface area contributed by atoms with E-state index in [1.165, 1.54) is 0 Å². The molecule has 24 heavy (non-hydrogen) atoms. The van der Waals surface area contributed by atoms with Crippen molar-refractivity contribution in [3.63, 3.8) is 0 Å². The second-order valence-electron chi connectivity index (χ2n) is 5.58. The van der Waals surface area contributed by atoms with E-state index in [2.05, 4.69) is 17.6 Å². The maximum Gasteiger partial charge on any atom is 0.338 e. The lowest BCUT2D eigenvalue weighted by Gasteiger charge is -2.28. The Labute approximate surface area is 151 Å². The van der Waals surface area contributed by atoms with Gasteiger partial charge in [0, 0.05) is 15.7 Å². The number of halogens is 2. The lowest BCUT2D eigenvalue weighted by molar-refractivity contribution is -0.139. The summed E-state index contributed by atoms with van der Waals surface area (Å²) in [6.45, 7) is 4.09. The fourth-order valence-corrected chi connectivity index (χ4v) is 3.05.